The van der Waals surface area contributed by atoms with Crippen molar-refractivity contribution < 1.29 is 9.90 Å². The molecular weight excluding hydrogens is 352 g/mol. The van der Waals surface area contributed by atoms with Gasteiger partial charge in [-0.05, 0) is 40.5 Å². The molecule has 0 fully saturated rings. The first kappa shape index (κ1) is 14.3. The zero-order valence-electron chi connectivity index (χ0n) is 9.91. The van der Waals surface area contributed by atoms with Crippen molar-refractivity contribution in [3.63, 3.8) is 0 Å². The molecule has 0 aliphatic rings. The van der Waals surface area contributed by atoms with Crippen LogP contribution in [0.4, 0.5) is 5.69 Å². The van der Waals surface area contributed by atoms with Crippen molar-refractivity contribution in [1.29, 1.82) is 0 Å². The Morgan fingerprint density at radius 2 is 2.32 bits per heavy atom. The predicted molar refractivity (Wildman–Crippen MR) is 80.3 cm³/mol. The van der Waals surface area contributed by atoms with Crippen LogP contribution in [-0.4, -0.2) is 16.1 Å². The molecule has 0 saturated carbocycles. The van der Waals surface area contributed by atoms with Gasteiger partial charge in [0, 0.05) is 21.2 Å². The van der Waals surface area contributed by atoms with Crippen LogP contribution in [0.2, 0.25) is 4.47 Å². The molecule has 0 radical (unpaired) electrons. The number of thiazole rings is 1. The van der Waals surface area contributed by atoms with E-state index in [0.717, 1.165) is 15.0 Å². The molecule has 19 heavy (non-hydrogen) atoms. The fourth-order valence-electron chi connectivity index (χ4n) is 1.59. The number of hydrogen-bond acceptors (Lipinski definition) is 4. The van der Waals surface area contributed by atoms with E-state index < -0.39 is 5.97 Å². The van der Waals surface area contributed by atoms with Crippen LogP contribution in [0.1, 0.15) is 20.8 Å². The number of hydrogen-bond donors (Lipinski definition) is 2. The molecule has 4 nitrogen and oxygen atoms in total. The predicted octanol–water partition coefficient (Wildman–Crippen LogP) is 4.18. The Labute approximate surface area is 127 Å². The van der Waals surface area contributed by atoms with Gasteiger partial charge < -0.3 is 10.4 Å². The molecule has 0 atom stereocenters. The van der Waals surface area contributed by atoms with Crippen LogP contribution >= 0.6 is 38.9 Å². The lowest BCUT2D eigenvalue weighted by molar-refractivity contribution is 0.0696. The minimum atomic E-state index is -0.936. The van der Waals surface area contributed by atoms with E-state index in [1.807, 2.05) is 0 Å². The summed E-state index contributed by atoms with van der Waals surface area (Å²) in [6, 6.07) is 3.40. The van der Waals surface area contributed by atoms with Crippen LogP contribution in [0.25, 0.3) is 0 Å². The molecule has 2 aromatic rings. The number of rotatable bonds is 4. The lowest BCUT2D eigenvalue weighted by atomic mass is 10.1. The van der Waals surface area contributed by atoms with Crippen molar-refractivity contribution in [3.8, 4) is 0 Å². The topological polar surface area (TPSA) is 62.2 Å². The Bertz CT molecular complexity index is 630. The van der Waals surface area contributed by atoms with Gasteiger partial charge in [0.25, 0.3) is 0 Å². The van der Waals surface area contributed by atoms with Crippen molar-refractivity contribution in [2.24, 2.45) is 0 Å². The molecule has 1 aromatic heterocycles. The highest BCUT2D eigenvalue weighted by Gasteiger charge is 2.11. The number of carboxylic acid groups (broad SMARTS) is 1. The summed E-state index contributed by atoms with van der Waals surface area (Å²) >= 11 is 10.6. The lowest BCUT2D eigenvalue weighted by Gasteiger charge is -2.10. The molecule has 7 heteroatoms. The molecule has 0 aliphatic carbocycles. The summed E-state index contributed by atoms with van der Waals surface area (Å²) in [6.45, 7) is 2.31. The first-order valence-corrected chi connectivity index (χ1v) is 7.33. The summed E-state index contributed by atoms with van der Waals surface area (Å²) in [4.78, 5) is 16.0. The standard InChI is InChI=1S/C12H10BrClN2O2S/c1-6-2-9(13)10(3-8(6)11(17)18)15-4-7-5-16-12(14)19-7/h2-3,5,15H,4H2,1H3,(H,17,18). The van der Waals surface area contributed by atoms with E-state index >= 15 is 0 Å². The molecular formula is C12H10BrClN2O2S. The fourth-order valence-corrected chi connectivity index (χ4v) is 3.10. The Morgan fingerprint density at radius 3 is 2.89 bits per heavy atom. The van der Waals surface area contributed by atoms with E-state index in [2.05, 4.69) is 26.2 Å². The van der Waals surface area contributed by atoms with Crippen LogP contribution < -0.4 is 5.32 Å². The number of halogens is 2. The minimum Gasteiger partial charge on any atom is -0.478 e. The van der Waals surface area contributed by atoms with Gasteiger partial charge in [0.1, 0.15) is 0 Å². The SMILES string of the molecule is Cc1cc(Br)c(NCc2cnc(Cl)s2)cc1C(=O)O. The second kappa shape index (κ2) is 5.90. The van der Waals surface area contributed by atoms with E-state index in [1.54, 1.807) is 25.3 Å². The highest BCUT2D eigenvalue weighted by atomic mass is 79.9. The van der Waals surface area contributed by atoms with Gasteiger partial charge >= 0.3 is 5.97 Å². The summed E-state index contributed by atoms with van der Waals surface area (Å²) in [5, 5.41) is 12.3. The zero-order valence-corrected chi connectivity index (χ0v) is 13.1. The maximum Gasteiger partial charge on any atom is 0.336 e. The normalized spacial score (nSPS) is 10.5. The highest BCUT2D eigenvalue weighted by Crippen LogP contribution is 2.28. The van der Waals surface area contributed by atoms with Crippen molar-refractivity contribution in [3.05, 3.63) is 43.3 Å². The minimum absolute atomic E-state index is 0.285. The average molecular weight is 362 g/mol. The van der Waals surface area contributed by atoms with Gasteiger partial charge in [0.15, 0.2) is 4.47 Å². The highest BCUT2D eigenvalue weighted by molar-refractivity contribution is 9.10. The number of aromatic nitrogens is 1. The third-order valence-electron chi connectivity index (χ3n) is 2.52. The largest absolute Gasteiger partial charge is 0.478 e. The monoisotopic (exact) mass is 360 g/mol. The Hall–Kier alpha value is -1.11. The average Bonchev–Trinajstić information content (AvgIpc) is 2.73. The molecule has 1 aromatic carbocycles. The smallest absolute Gasteiger partial charge is 0.336 e. The third kappa shape index (κ3) is 3.46. The number of nitrogens with one attached hydrogen (secondary N) is 1. The molecule has 0 amide bonds. The van der Waals surface area contributed by atoms with E-state index in [1.165, 1.54) is 11.3 Å². The zero-order chi connectivity index (χ0) is 14.0. The molecule has 0 bridgehead atoms. The number of benzene rings is 1. The van der Waals surface area contributed by atoms with Crippen LogP contribution in [0.15, 0.2) is 22.8 Å². The van der Waals surface area contributed by atoms with Crippen molar-refractivity contribution in [2.45, 2.75) is 13.5 Å². The fraction of sp³-hybridized carbons (Fsp3) is 0.167. The van der Waals surface area contributed by atoms with Gasteiger partial charge in [0.05, 0.1) is 12.1 Å². The summed E-state index contributed by atoms with van der Waals surface area (Å²) in [5.41, 5.74) is 1.73. The molecule has 0 aliphatic heterocycles. The van der Waals surface area contributed by atoms with Gasteiger partial charge in [-0.2, -0.15) is 0 Å². The van der Waals surface area contributed by atoms with Gasteiger partial charge in [0.2, 0.25) is 0 Å². The first-order chi connectivity index (χ1) is 8.97. The molecule has 100 valence electrons. The van der Waals surface area contributed by atoms with E-state index in [-0.39, 0.29) is 5.56 Å². The number of nitrogens with zero attached hydrogens (tertiary/aromatic N) is 1. The first-order valence-electron chi connectivity index (χ1n) is 5.35. The summed E-state index contributed by atoms with van der Waals surface area (Å²) < 4.78 is 1.32. The molecule has 2 N–H and O–H groups in total. The van der Waals surface area contributed by atoms with Gasteiger partial charge in [-0.15, -0.1) is 11.3 Å². The number of aryl methyl sites for hydroxylation is 1. The van der Waals surface area contributed by atoms with Crippen molar-refractivity contribution >= 4 is 50.5 Å². The van der Waals surface area contributed by atoms with Crippen LogP contribution in [0.3, 0.4) is 0 Å². The van der Waals surface area contributed by atoms with E-state index in [9.17, 15) is 4.79 Å². The second-order valence-corrected chi connectivity index (χ2v) is 6.44. The molecule has 1 heterocycles. The van der Waals surface area contributed by atoms with Gasteiger partial charge in [-0.3, -0.25) is 0 Å². The maximum atomic E-state index is 11.1. The number of carbonyl (C=O) groups is 1. The Kier molecular flexibility index (Phi) is 4.44. The van der Waals surface area contributed by atoms with Crippen LogP contribution in [0.5, 0.6) is 0 Å². The quantitative estimate of drug-likeness (QED) is 0.857. The maximum absolute atomic E-state index is 11.1. The van der Waals surface area contributed by atoms with Crippen molar-refractivity contribution in [1.82, 2.24) is 4.98 Å². The van der Waals surface area contributed by atoms with E-state index in [4.69, 9.17) is 16.7 Å². The third-order valence-corrected chi connectivity index (χ3v) is 4.29. The number of aromatic carboxylic acids is 1. The summed E-state index contributed by atoms with van der Waals surface area (Å²) in [6.07, 6.45) is 1.69. The molecule has 2 rings (SSSR count). The van der Waals surface area contributed by atoms with Gasteiger partial charge in [-0.1, -0.05) is 11.6 Å². The lowest BCUT2D eigenvalue weighted by Crippen LogP contribution is -2.04. The summed E-state index contributed by atoms with van der Waals surface area (Å²) in [5.74, 6) is -0.936. The molecule has 0 spiro atoms. The Morgan fingerprint density at radius 1 is 1.58 bits per heavy atom. The molecule has 0 saturated heterocycles. The van der Waals surface area contributed by atoms with Gasteiger partial charge in [-0.25, -0.2) is 9.78 Å². The van der Waals surface area contributed by atoms with Crippen molar-refractivity contribution in [2.75, 3.05) is 5.32 Å². The van der Waals surface area contributed by atoms with E-state index in [0.29, 0.717) is 16.6 Å². The molecule has 0 unspecified atom stereocenters. The second-order valence-electron chi connectivity index (χ2n) is 3.89. The Balaban J connectivity index is 2.20. The van der Waals surface area contributed by atoms with Crippen LogP contribution in [0, 0.1) is 6.92 Å². The summed E-state index contributed by atoms with van der Waals surface area (Å²) in [7, 11) is 0. The number of carboxylic acids is 1. The number of anilines is 1. The van der Waals surface area contributed by atoms with Crippen LogP contribution in [-0.2, 0) is 6.54 Å².